The lowest BCUT2D eigenvalue weighted by Gasteiger charge is -2.36. The van der Waals surface area contributed by atoms with E-state index in [0.717, 1.165) is 5.69 Å². The Labute approximate surface area is 127 Å². The molecule has 1 aromatic heterocycles. The lowest BCUT2D eigenvalue weighted by molar-refractivity contribution is 0.00174. The molecule has 6 nitrogen and oxygen atoms in total. The van der Waals surface area contributed by atoms with Crippen molar-refractivity contribution in [1.82, 2.24) is 19.7 Å². The zero-order chi connectivity index (χ0) is 15.6. The Morgan fingerprint density at radius 1 is 1.36 bits per heavy atom. The number of hydrogen-bond donors (Lipinski definition) is 1. The molecule has 1 aromatic carbocycles. The van der Waals surface area contributed by atoms with Crippen LogP contribution in [-0.4, -0.2) is 56.0 Å². The average molecular weight is 304 g/mol. The Bertz CT molecular complexity index is 644. The number of aromatic nitrogens is 3. The van der Waals surface area contributed by atoms with Crippen molar-refractivity contribution in [3.05, 3.63) is 42.5 Å². The molecule has 0 saturated carbocycles. The van der Waals surface area contributed by atoms with Gasteiger partial charge >= 0.3 is 0 Å². The van der Waals surface area contributed by atoms with Gasteiger partial charge in [-0.1, -0.05) is 0 Å². The Hall–Kier alpha value is -2.28. The summed E-state index contributed by atoms with van der Waals surface area (Å²) in [6, 6.07) is 6.90. The Balaban J connectivity index is 1.75. The Morgan fingerprint density at radius 3 is 2.77 bits per heavy atom. The van der Waals surface area contributed by atoms with Gasteiger partial charge in [-0.25, -0.2) is 14.1 Å². The van der Waals surface area contributed by atoms with Crippen LogP contribution in [0.15, 0.2) is 36.9 Å². The van der Waals surface area contributed by atoms with Crippen LogP contribution in [0.1, 0.15) is 23.2 Å². The number of aliphatic hydroxyl groups is 1. The first-order valence-corrected chi connectivity index (χ1v) is 7.15. The summed E-state index contributed by atoms with van der Waals surface area (Å²) in [6.45, 7) is -0.107. The second-order valence-electron chi connectivity index (χ2n) is 5.53. The van der Waals surface area contributed by atoms with Crippen molar-refractivity contribution < 1.29 is 14.3 Å². The van der Waals surface area contributed by atoms with Gasteiger partial charge in [0.2, 0.25) is 0 Å². The zero-order valence-corrected chi connectivity index (χ0v) is 12.0. The number of carbonyl (C=O) groups is 1. The number of hydrogen-bond acceptors (Lipinski definition) is 4. The summed E-state index contributed by atoms with van der Waals surface area (Å²) in [7, 11) is 0. The number of likely N-dealkylation sites (tertiary alicyclic amines) is 1. The van der Waals surface area contributed by atoms with E-state index in [1.54, 1.807) is 35.3 Å². The highest BCUT2D eigenvalue weighted by molar-refractivity contribution is 5.94. The molecule has 1 fully saturated rings. The number of alkyl halides is 1. The van der Waals surface area contributed by atoms with Gasteiger partial charge in [-0.05, 0) is 37.1 Å². The molecule has 0 radical (unpaired) electrons. The molecule has 1 amide bonds. The van der Waals surface area contributed by atoms with E-state index >= 15 is 0 Å². The summed E-state index contributed by atoms with van der Waals surface area (Å²) in [4.78, 5) is 17.8. The Kier molecular flexibility index (Phi) is 3.89. The fourth-order valence-corrected chi connectivity index (χ4v) is 2.67. The lowest BCUT2D eigenvalue weighted by Crippen LogP contribution is -2.49. The SMILES string of the molecule is O=C(c1ccc(-n2cncn2)cc1)N1CCCC(F)(CO)C1. The molecule has 1 atom stereocenters. The highest BCUT2D eigenvalue weighted by atomic mass is 19.1. The summed E-state index contributed by atoms with van der Waals surface area (Å²) in [6.07, 6.45) is 3.85. The van der Waals surface area contributed by atoms with E-state index in [1.165, 1.54) is 11.2 Å². The van der Waals surface area contributed by atoms with Crippen molar-refractivity contribution in [2.24, 2.45) is 0 Å². The summed E-state index contributed by atoms with van der Waals surface area (Å²) < 4.78 is 15.8. The zero-order valence-electron chi connectivity index (χ0n) is 12.0. The highest BCUT2D eigenvalue weighted by Crippen LogP contribution is 2.26. The predicted octanol–water partition coefficient (Wildman–Crippen LogP) is 1.20. The minimum atomic E-state index is -1.69. The third kappa shape index (κ3) is 2.85. The van der Waals surface area contributed by atoms with Crippen LogP contribution in [0, 0.1) is 0 Å². The quantitative estimate of drug-likeness (QED) is 0.925. The summed E-state index contributed by atoms with van der Waals surface area (Å²) in [5, 5.41) is 13.1. The fraction of sp³-hybridized carbons (Fsp3) is 0.400. The van der Waals surface area contributed by atoms with Crippen LogP contribution in [0.3, 0.4) is 0 Å². The van der Waals surface area contributed by atoms with Gasteiger partial charge in [0.05, 0.1) is 18.8 Å². The van der Waals surface area contributed by atoms with E-state index < -0.39 is 12.3 Å². The molecule has 0 bridgehead atoms. The molecule has 3 rings (SSSR count). The first-order valence-electron chi connectivity index (χ1n) is 7.15. The van der Waals surface area contributed by atoms with E-state index in [0.29, 0.717) is 24.9 Å². The first kappa shape index (κ1) is 14.6. The van der Waals surface area contributed by atoms with Crippen molar-refractivity contribution in [3.63, 3.8) is 0 Å². The van der Waals surface area contributed by atoms with Crippen molar-refractivity contribution in [2.45, 2.75) is 18.5 Å². The molecule has 0 spiro atoms. The maximum Gasteiger partial charge on any atom is 0.253 e. The standard InChI is InChI=1S/C15H17FN4O2/c16-15(9-21)6-1-7-19(8-15)14(22)12-2-4-13(5-3-12)20-11-17-10-18-20/h2-5,10-11,21H,1,6-9H2. The number of nitrogens with zero attached hydrogens (tertiary/aromatic N) is 4. The van der Waals surface area contributed by atoms with Crippen LogP contribution in [0.2, 0.25) is 0 Å². The van der Waals surface area contributed by atoms with E-state index in [-0.39, 0.29) is 12.5 Å². The van der Waals surface area contributed by atoms with E-state index in [9.17, 15) is 9.18 Å². The first-order chi connectivity index (χ1) is 10.6. The lowest BCUT2D eigenvalue weighted by atomic mass is 9.95. The fourth-order valence-electron chi connectivity index (χ4n) is 2.67. The van der Waals surface area contributed by atoms with Gasteiger partial charge < -0.3 is 10.0 Å². The number of amides is 1. The number of carbonyl (C=O) groups excluding carboxylic acids is 1. The molecule has 116 valence electrons. The number of aliphatic hydroxyl groups excluding tert-OH is 1. The van der Waals surface area contributed by atoms with Crippen molar-refractivity contribution in [3.8, 4) is 5.69 Å². The van der Waals surface area contributed by atoms with Gasteiger partial charge in [-0.15, -0.1) is 0 Å². The van der Waals surface area contributed by atoms with Gasteiger partial charge in [-0.3, -0.25) is 4.79 Å². The van der Waals surface area contributed by atoms with E-state index in [1.807, 2.05) is 0 Å². The Morgan fingerprint density at radius 2 is 2.14 bits per heavy atom. The van der Waals surface area contributed by atoms with Crippen LogP contribution in [-0.2, 0) is 0 Å². The van der Waals surface area contributed by atoms with Gasteiger partial charge in [0.15, 0.2) is 5.67 Å². The van der Waals surface area contributed by atoms with Gasteiger partial charge in [0, 0.05) is 12.1 Å². The third-order valence-corrected chi connectivity index (χ3v) is 3.90. The topological polar surface area (TPSA) is 71.2 Å². The van der Waals surface area contributed by atoms with Crippen LogP contribution >= 0.6 is 0 Å². The highest BCUT2D eigenvalue weighted by Gasteiger charge is 2.36. The minimum Gasteiger partial charge on any atom is -0.393 e. The number of piperidine rings is 1. The number of rotatable bonds is 3. The van der Waals surface area contributed by atoms with Gasteiger partial charge in [0.25, 0.3) is 5.91 Å². The third-order valence-electron chi connectivity index (χ3n) is 3.90. The average Bonchev–Trinajstić information content (AvgIpc) is 3.09. The summed E-state index contributed by atoms with van der Waals surface area (Å²) in [5.41, 5.74) is -0.400. The van der Waals surface area contributed by atoms with Crippen LogP contribution in [0.5, 0.6) is 0 Å². The summed E-state index contributed by atoms with van der Waals surface area (Å²) >= 11 is 0. The second kappa shape index (κ2) is 5.84. The predicted molar refractivity (Wildman–Crippen MR) is 77.4 cm³/mol. The monoisotopic (exact) mass is 304 g/mol. The van der Waals surface area contributed by atoms with Gasteiger partial charge in [-0.2, -0.15) is 5.10 Å². The van der Waals surface area contributed by atoms with Crippen molar-refractivity contribution in [1.29, 1.82) is 0 Å². The number of halogens is 1. The maximum atomic E-state index is 14.2. The molecule has 7 heteroatoms. The van der Waals surface area contributed by atoms with Crippen LogP contribution in [0.25, 0.3) is 5.69 Å². The minimum absolute atomic E-state index is 0.0623. The molecular formula is C15H17FN4O2. The van der Waals surface area contributed by atoms with Crippen LogP contribution < -0.4 is 0 Å². The molecule has 1 aliphatic rings. The molecule has 1 saturated heterocycles. The number of benzene rings is 1. The molecule has 0 aliphatic carbocycles. The molecular weight excluding hydrogens is 287 g/mol. The van der Waals surface area contributed by atoms with E-state index in [4.69, 9.17) is 5.11 Å². The van der Waals surface area contributed by atoms with Gasteiger partial charge in [0.1, 0.15) is 12.7 Å². The second-order valence-corrected chi connectivity index (χ2v) is 5.53. The smallest absolute Gasteiger partial charge is 0.253 e. The van der Waals surface area contributed by atoms with Crippen molar-refractivity contribution in [2.75, 3.05) is 19.7 Å². The maximum absolute atomic E-state index is 14.2. The molecule has 1 aliphatic heterocycles. The molecule has 2 heterocycles. The molecule has 2 aromatic rings. The normalized spacial score (nSPS) is 21.8. The van der Waals surface area contributed by atoms with Crippen LogP contribution in [0.4, 0.5) is 4.39 Å². The molecule has 1 N–H and O–H groups in total. The largest absolute Gasteiger partial charge is 0.393 e. The van der Waals surface area contributed by atoms with Crippen molar-refractivity contribution >= 4 is 5.91 Å². The molecule has 1 unspecified atom stereocenters. The summed E-state index contributed by atoms with van der Waals surface area (Å²) in [5.74, 6) is -0.222. The molecule has 22 heavy (non-hydrogen) atoms. The van der Waals surface area contributed by atoms with E-state index in [2.05, 4.69) is 10.1 Å².